The van der Waals surface area contributed by atoms with E-state index in [1.165, 1.54) is 41.6 Å². The predicted octanol–water partition coefficient (Wildman–Crippen LogP) is 4.24. The summed E-state index contributed by atoms with van der Waals surface area (Å²) in [5.74, 6) is -1.48. The number of hydrogen-bond acceptors (Lipinski definition) is 7. The van der Waals surface area contributed by atoms with E-state index in [1.807, 2.05) is 37.3 Å². The number of anilines is 1. The number of hydrogen-bond donors (Lipinski definition) is 2. The Bertz CT molecular complexity index is 1720. The second-order valence-corrected chi connectivity index (χ2v) is 10.8. The first-order valence-corrected chi connectivity index (χ1v) is 13.8. The molecule has 0 saturated carbocycles. The number of aliphatic hydroxyl groups excluding tert-OH is 1. The number of benzene rings is 3. The summed E-state index contributed by atoms with van der Waals surface area (Å²) < 4.78 is 29.4. The van der Waals surface area contributed by atoms with Crippen LogP contribution in [0.1, 0.15) is 28.3 Å². The number of amides is 1. The summed E-state index contributed by atoms with van der Waals surface area (Å²) in [6.07, 6.45) is 3.03. The molecule has 0 aliphatic carbocycles. The number of nitrogens with two attached hydrogens (primary N) is 1. The van der Waals surface area contributed by atoms with Crippen molar-refractivity contribution in [2.45, 2.75) is 24.5 Å². The highest BCUT2D eigenvalue weighted by Gasteiger charge is 2.47. The zero-order chi connectivity index (χ0) is 28.4. The van der Waals surface area contributed by atoms with E-state index in [0.29, 0.717) is 23.5 Å². The zero-order valence-electron chi connectivity index (χ0n) is 21.4. The standard InChI is InChI=1S/C30H25N3O6S/c1-19-17-22(7-12-25(19)39-18-20-5-3-2-4-6-20)28(34)26-27(21-13-15-32-16-14-21)33(30(36)29(26)35)23-8-10-24(11-9-23)40(31,37)38/h2-17,27,34H,18H2,1H3,(H2,31,37,38)/b28-26+. The summed E-state index contributed by atoms with van der Waals surface area (Å²) in [6.45, 7) is 2.19. The molecule has 1 fully saturated rings. The Kier molecular flexibility index (Phi) is 7.20. The number of pyridine rings is 1. The van der Waals surface area contributed by atoms with Gasteiger partial charge in [-0.1, -0.05) is 30.3 Å². The van der Waals surface area contributed by atoms with Gasteiger partial charge in [-0.3, -0.25) is 19.5 Å². The lowest BCUT2D eigenvalue weighted by atomic mass is 9.95. The third-order valence-electron chi connectivity index (χ3n) is 6.60. The van der Waals surface area contributed by atoms with E-state index in [1.54, 1.807) is 30.3 Å². The highest BCUT2D eigenvalue weighted by molar-refractivity contribution is 7.89. The van der Waals surface area contributed by atoms with Gasteiger partial charge in [0.25, 0.3) is 11.7 Å². The molecular formula is C30H25N3O6S. The van der Waals surface area contributed by atoms with Crippen molar-refractivity contribution < 1.29 is 27.9 Å². The smallest absolute Gasteiger partial charge is 0.300 e. The van der Waals surface area contributed by atoms with E-state index in [0.717, 1.165) is 11.1 Å². The first kappa shape index (κ1) is 26.8. The van der Waals surface area contributed by atoms with Gasteiger partial charge in [0, 0.05) is 23.6 Å². The minimum Gasteiger partial charge on any atom is -0.507 e. The predicted molar refractivity (Wildman–Crippen MR) is 149 cm³/mol. The van der Waals surface area contributed by atoms with E-state index in [-0.39, 0.29) is 21.9 Å². The van der Waals surface area contributed by atoms with Gasteiger partial charge in [-0.2, -0.15) is 0 Å². The van der Waals surface area contributed by atoms with Crippen molar-refractivity contribution in [1.82, 2.24) is 4.98 Å². The van der Waals surface area contributed by atoms with Crippen molar-refractivity contribution in [3.8, 4) is 5.75 Å². The van der Waals surface area contributed by atoms with Crippen LogP contribution in [0.25, 0.3) is 5.76 Å². The maximum absolute atomic E-state index is 13.4. The monoisotopic (exact) mass is 555 g/mol. The molecule has 3 aromatic carbocycles. The van der Waals surface area contributed by atoms with E-state index in [9.17, 15) is 23.1 Å². The SMILES string of the molecule is Cc1cc(/C(O)=C2\C(=O)C(=O)N(c3ccc(S(N)(=O)=O)cc3)C2c2ccncc2)ccc1OCc1ccccc1. The van der Waals surface area contributed by atoms with Crippen LogP contribution in [-0.2, 0) is 26.2 Å². The highest BCUT2D eigenvalue weighted by Crippen LogP contribution is 2.42. The molecule has 1 atom stereocenters. The molecule has 2 heterocycles. The summed E-state index contributed by atoms with van der Waals surface area (Å²) >= 11 is 0. The lowest BCUT2D eigenvalue weighted by molar-refractivity contribution is -0.132. The summed E-state index contributed by atoms with van der Waals surface area (Å²) in [7, 11) is -3.96. The quantitative estimate of drug-likeness (QED) is 0.197. The molecule has 1 unspecified atom stereocenters. The number of aliphatic hydroxyl groups is 1. The molecule has 1 saturated heterocycles. The molecule has 40 heavy (non-hydrogen) atoms. The number of carbonyl (C=O) groups excluding carboxylic acids is 2. The van der Waals surface area contributed by atoms with Crippen LogP contribution in [0.2, 0.25) is 0 Å². The van der Waals surface area contributed by atoms with Crippen LogP contribution in [0.15, 0.2) is 108 Å². The summed E-state index contributed by atoms with van der Waals surface area (Å²) in [4.78, 5) is 31.8. The van der Waals surface area contributed by atoms with Gasteiger partial charge >= 0.3 is 0 Å². The van der Waals surface area contributed by atoms with Crippen LogP contribution in [0.4, 0.5) is 5.69 Å². The lowest BCUT2D eigenvalue weighted by Gasteiger charge is -2.25. The molecular weight excluding hydrogens is 530 g/mol. The Labute approximate surface area is 231 Å². The second kappa shape index (κ2) is 10.8. The van der Waals surface area contributed by atoms with Crippen LogP contribution in [0.3, 0.4) is 0 Å². The van der Waals surface area contributed by atoms with Gasteiger partial charge in [-0.05, 0) is 78.2 Å². The fraction of sp³-hybridized carbons (Fsp3) is 0.100. The average molecular weight is 556 g/mol. The number of nitrogens with zero attached hydrogens (tertiary/aromatic N) is 2. The van der Waals surface area contributed by atoms with Crippen LogP contribution >= 0.6 is 0 Å². The fourth-order valence-electron chi connectivity index (χ4n) is 4.61. The molecule has 5 rings (SSSR count). The Morgan fingerprint density at radius 3 is 2.27 bits per heavy atom. The summed E-state index contributed by atoms with van der Waals surface area (Å²) in [5.41, 5.74) is 2.76. The number of Topliss-reactive ketones (excluding diaryl/α,β-unsaturated/α-hetero) is 1. The van der Waals surface area contributed by atoms with Crippen molar-refractivity contribution in [2.75, 3.05) is 4.90 Å². The first-order chi connectivity index (χ1) is 19.1. The number of primary sulfonamides is 1. The largest absolute Gasteiger partial charge is 0.507 e. The third-order valence-corrected chi connectivity index (χ3v) is 7.52. The van der Waals surface area contributed by atoms with Gasteiger partial charge in [0.1, 0.15) is 18.1 Å². The van der Waals surface area contributed by atoms with Crippen molar-refractivity contribution in [1.29, 1.82) is 0 Å². The molecule has 0 bridgehead atoms. The molecule has 4 aromatic rings. The zero-order valence-corrected chi connectivity index (χ0v) is 22.2. The first-order valence-electron chi connectivity index (χ1n) is 12.3. The van der Waals surface area contributed by atoms with Crippen LogP contribution < -0.4 is 14.8 Å². The number of sulfonamides is 1. The molecule has 1 aliphatic rings. The molecule has 10 heteroatoms. The van der Waals surface area contributed by atoms with E-state index >= 15 is 0 Å². The molecule has 1 aliphatic heterocycles. The Morgan fingerprint density at radius 1 is 0.975 bits per heavy atom. The molecule has 0 radical (unpaired) electrons. The minimum atomic E-state index is -3.96. The summed E-state index contributed by atoms with van der Waals surface area (Å²) in [5, 5.41) is 16.6. The second-order valence-electron chi connectivity index (χ2n) is 9.24. The molecule has 0 spiro atoms. The molecule has 9 nitrogen and oxygen atoms in total. The van der Waals surface area contributed by atoms with Gasteiger partial charge in [0.05, 0.1) is 16.5 Å². The normalized spacial score (nSPS) is 16.8. The highest BCUT2D eigenvalue weighted by atomic mass is 32.2. The Morgan fingerprint density at radius 2 is 1.65 bits per heavy atom. The molecule has 3 N–H and O–H groups in total. The van der Waals surface area contributed by atoms with Crippen LogP contribution in [0.5, 0.6) is 5.75 Å². The maximum atomic E-state index is 13.4. The molecule has 1 amide bonds. The molecule has 202 valence electrons. The maximum Gasteiger partial charge on any atom is 0.300 e. The van der Waals surface area contributed by atoms with Crippen LogP contribution in [0, 0.1) is 6.92 Å². The van der Waals surface area contributed by atoms with Crippen molar-refractivity contribution in [3.05, 3.63) is 125 Å². The number of aromatic nitrogens is 1. The van der Waals surface area contributed by atoms with Crippen molar-refractivity contribution >= 4 is 33.2 Å². The molecule has 1 aromatic heterocycles. The third kappa shape index (κ3) is 5.22. The van der Waals surface area contributed by atoms with Crippen LogP contribution in [-0.4, -0.2) is 30.2 Å². The van der Waals surface area contributed by atoms with E-state index in [4.69, 9.17) is 9.88 Å². The topological polar surface area (TPSA) is 140 Å². The number of rotatable bonds is 7. The van der Waals surface area contributed by atoms with E-state index < -0.39 is 27.8 Å². The minimum absolute atomic E-state index is 0.107. The van der Waals surface area contributed by atoms with Gasteiger partial charge in [0.15, 0.2) is 0 Å². The average Bonchev–Trinajstić information content (AvgIpc) is 3.22. The number of carbonyl (C=O) groups is 2. The fourth-order valence-corrected chi connectivity index (χ4v) is 5.12. The lowest BCUT2D eigenvalue weighted by Crippen LogP contribution is -2.29. The number of ketones is 1. The van der Waals surface area contributed by atoms with E-state index in [2.05, 4.69) is 4.98 Å². The summed E-state index contributed by atoms with van der Waals surface area (Å²) in [6, 6.07) is 22.3. The Hall–Kier alpha value is -4.80. The number of aryl methyl sites for hydroxylation is 1. The Balaban J connectivity index is 1.55. The van der Waals surface area contributed by atoms with Crippen molar-refractivity contribution in [2.24, 2.45) is 5.14 Å². The number of ether oxygens (including phenoxy) is 1. The van der Waals surface area contributed by atoms with Gasteiger partial charge < -0.3 is 9.84 Å². The van der Waals surface area contributed by atoms with Crippen molar-refractivity contribution in [3.63, 3.8) is 0 Å². The van der Waals surface area contributed by atoms with Gasteiger partial charge in [-0.15, -0.1) is 0 Å². The van der Waals surface area contributed by atoms with Gasteiger partial charge in [0.2, 0.25) is 10.0 Å². The van der Waals surface area contributed by atoms with Gasteiger partial charge in [-0.25, -0.2) is 13.6 Å².